The molecule has 0 unspecified atom stereocenters. The minimum absolute atomic E-state index is 0. The van der Waals surface area contributed by atoms with Gasteiger partial charge in [-0.25, -0.2) is 24.7 Å². The Balaban J connectivity index is 0.000000237. The van der Waals surface area contributed by atoms with Crippen LogP contribution >= 0.6 is 31.9 Å². The highest BCUT2D eigenvalue weighted by atomic mass is 79.9. The third-order valence-electron chi connectivity index (χ3n) is 13.2. The molecule has 2 aromatic rings. The summed E-state index contributed by atoms with van der Waals surface area (Å²) in [6, 6.07) is 0. The molecule has 4 atom stereocenters. The molecule has 8 rings (SSSR count). The van der Waals surface area contributed by atoms with Crippen LogP contribution in [0.5, 0.6) is 0 Å². The zero-order chi connectivity index (χ0) is 41.1. The number of piperidine rings is 3. The molecule has 0 aromatic carbocycles. The number of halogens is 2. The van der Waals surface area contributed by atoms with Crippen LogP contribution in [0, 0.1) is 47.3 Å². The lowest BCUT2D eigenvalue weighted by Crippen LogP contribution is -2.42. The molecular formula is C46H77Br2N7O5. The highest BCUT2D eigenvalue weighted by Gasteiger charge is 2.44. The number of aliphatic hydroxyl groups is 2. The Labute approximate surface area is 378 Å². The summed E-state index contributed by atoms with van der Waals surface area (Å²) < 4.78 is 13.5. The standard InChI is InChI=1S/C24H37BrN4O3.C13H18BrN3O.C7H14O.2CH4/c1-24(2,3)32-23(30)29-8-4-17(5-9-29)15-31-16-19-12-21(19)18-6-10-28(11-7-18)22-26-13-20(25)14-27-22;14-11-6-15-13(16-7-11)17-3-1-9(2-4-17)12-5-10(12)8-18;8-6-7-4-2-1-3-5-7;;/h13-14,17-19,21H,4-12,15-16H2,1-3H3;6-7,9-10,12,18H,1-5,8H2;7-8H,1-6H2;2*1H4/t19-,21+;10-,12+;;;/m00.../s1. The maximum Gasteiger partial charge on any atom is 0.410 e. The minimum Gasteiger partial charge on any atom is -0.444 e. The van der Waals surface area contributed by atoms with Gasteiger partial charge in [-0.3, -0.25) is 0 Å². The first-order chi connectivity index (χ1) is 28.0. The van der Waals surface area contributed by atoms with Gasteiger partial charge in [0, 0.05) is 90.5 Å². The van der Waals surface area contributed by atoms with E-state index >= 15 is 0 Å². The van der Waals surface area contributed by atoms with Gasteiger partial charge in [-0.1, -0.05) is 34.1 Å². The van der Waals surface area contributed by atoms with Crippen molar-refractivity contribution in [3.63, 3.8) is 0 Å². The largest absolute Gasteiger partial charge is 0.444 e. The van der Waals surface area contributed by atoms with Crippen molar-refractivity contribution in [1.29, 1.82) is 0 Å². The second-order valence-corrected chi connectivity index (χ2v) is 20.5. The van der Waals surface area contributed by atoms with Crippen molar-refractivity contribution in [2.24, 2.45) is 47.3 Å². The number of ether oxygens (including phenoxy) is 2. The molecule has 340 valence electrons. The van der Waals surface area contributed by atoms with Gasteiger partial charge >= 0.3 is 6.09 Å². The molecule has 3 saturated carbocycles. The van der Waals surface area contributed by atoms with Crippen LogP contribution in [0.15, 0.2) is 33.7 Å². The lowest BCUT2D eigenvalue weighted by Gasteiger charge is -2.33. The van der Waals surface area contributed by atoms with Crippen LogP contribution in [0.4, 0.5) is 16.7 Å². The fourth-order valence-corrected chi connectivity index (χ4v) is 9.87. The molecular weight excluding hydrogens is 890 g/mol. The first kappa shape index (κ1) is 50.5. The molecule has 3 aliphatic carbocycles. The molecule has 0 spiro atoms. The summed E-state index contributed by atoms with van der Waals surface area (Å²) in [4.78, 5) is 36.2. The minimum atomic E-state index is -0.429. The summed E-state index contributed by atoms with van der Waals surface area (Å²) in [6.07, 6.45) is 23.1. The Morgan fingerprint density at radius 2 is 1.12 bits per heavy atom. The molecule has 5 heterocycles. The normalized spacial score (nSPS) is 25.1. The van der Waals surface area contributed by atoms with E-state index < -0.39 is 5.60 Å². The Bertz CT molecular complexity index is 1510. The van der Waals surface area contributed by atoms with Gasteiger partial charge < -0.3 is 34.4 Å². The predicted octanol–water partition coefficient (Wildman–Crippen LogP) is 9.67. The third-order valence-corrected chi connectivity index (χ3v) is 14.0. The van der Waals surface area contributed by atoms with Crippen LogP contribution in [-0.4, -0.2) is 112 Å². The Hall–Kier alpha value is -2.13. The SMILES string of the molecule is C.C.CC(C)(C)OC(=O)N1CCC(COC[C@@H]2C[C@@H]2C2CCN(c3ncc(Br)cn3)CC2)CC1.OCC1CCCCC1.OC[C@@H]1C[C@@H]1C1CCN(c2ncc(Br)cn2)CC1. The van der Waals surface area contributed by atoms with E-state index in [-0.39, 0.29) is 20.9 Å². The fraction of sp³-hybridized carbons (Fsp3) is 0.804. The second-order valence-electron chi connectivity index (χ2n) is 18.7. The topological polar surface area (TPSA) is 137 Å². The van der Waals surface area contributed by atoms with Crippen LogP contribution in [0.1, 0.15) is 119 Å². The smallest absolute Gasteiger partial charge is 0.410 e. The number of aromatic nitrogens is 4. The lowest BCUT2D eigenvalue weighted by molar-refractivity contribution is 0.0107. The molecule has 14 heteroatoms. The average Bonchev–Trinajstić information content (AvgIpc) is 4.18. The number of hydrogen-bond acceptors (Lipinski definition) is 11. The van der Waals surface area contributed by atoms with Gasteiger partial charge in [0.25, 0.3) is 0 Å². The van der Waals surface area contributed by atoms with Gasteiger partial charge in [-0.15, -0.1) is 0 Å². The number of carbonyl (C=O) groups excluding carboxylic acids is 1. The van der Waals surface area contributed by atoms with Gasteiger partial charge in [0.15, 0.2) is 0 Å². The summed E-state index contributed by atoms with van der Waals surface area (Å²) in [7, 11) is 0. The number of likely N-dealkylation sites (tertiary alicyclic amines) is 1. The summed E-state index contributed by atoms with van der Waals surface area (Å²) in [5, 5.41) is 17.8. The van der Waals surface area contributed by atoms with E-state index in [9.17, 15) is 4.79 Å². The number of amides is 1. The first-order valence-corrected chi connectivity index (χ1v) is 23.8. The number of nitrogens with zero attached hydrogens (tertiary/aromatic N) is 7. The lowest BCUT2D eigenvalue weighted by atomic mass is 9.90. The van der Waals surface area contributed by atoms with E-state index in [1.165, 1.54) is 70.6 Å². The van der Waals surface area contributed by atoms with Crippen molar-refractivity contribution in [1.82, 2.24) is 24.8 Å². The number of carbonyl (C=O) groups is 1. The summed E-state index contributed by atoms with van der Waals surface area (Å²) in [6.45, 7) is 14.0. The number of aliphatic hydroxyl groups excluding tert-OH is 2. The van der Waals surface area contributed by atoms with E-state index in [4.69, 9.17) is 19.7 Å². The molecule has 3 aliphatic heterocycles. The van der Waals surface area contributed by atoms with Gasteiger partial charge in [0.1, 0.15) is 5.60 Å². The first-order valence-electron chi connectivity index (χ1n) is 22.2. The average molecular weight is 968 g/mol. The molecule has 2 N–H and O–H groups in total. The molecule has 60 heavy (non-hydrogen) atoms. The Morgan fingerprint density at radius 1 is 0.650 bits per heavy atom. The Morgan fingerprint density at radius 3 is 1.53 bits per heavy atom. The summed E-state index contributed by atoms with van der Waals surface area (Å²) in [5.74, 6) is 7.43. The molecule has 6 fully saturated rings. The maximum absolute atomic E-state index is 12.2. The number of anilines is 2. The number of rotatable bonds is 10. The van der Waals surface area contributed by atoms with Crippen LogP contribution in [0.3, 0.4) is 0 Å². The fourth-order valence-electron chi connectivity index (χ4n) is 9.46. The van der Waals surface area contributed by atoms with Crippen molar-refractivity contribution in [2.75, 3.05) is 75.5 Å². The molecule has 6 aliphatic rings. The molecule has 0 bridgehead atoms. The van der Waals surface area contributed by atoms with Crippen molar-refractivity contribution >= 4 is 49.8 Å². The maximum atomic E-state index is 12.2. The zero-order valence-corrected chi connectivity index (χ0v) is 38.4. The van der Waals surface area contributed by atoms with Crippen LogP contribution < -0.4 is 9.80 Å². The highest BCUT2D eigenvalue weighted by Crippen LogP contribution is 2.49. The van der Waals surface area contributed by atoms with E-state index in [0.29, 0.717) is 31.0 Å². The molecule has 2 aromatic heterocycles. The Kier molecular flexibility index (Phi) is 20.7. The second kappa shape index (κ2) is 24.6. The quantitative estimate of drug-likeness (QED) is 0.236. The summed E-state index contributed by atoms with van der Waals surface area (Å²) in [5.41, 5.74) is -0.429. The van der Waals surface area contributed by atoms with Crippen molar-refractivity contribution < 1.29 is 24.5 Å². The van der Waals surface area contributed by atoms with Crippen LogP contribution in [-0.2, 0) is 9.47 Å². The van der Waals surface area contributed by atoms with Crippen molar-refractivity contribution in [3.05, 3.63) is 33.7 Å². The molecule has 1 amide bonds. The van der Waals surface area contributed by atoms with Gasteiger partial charge in [-0.2, -0.15) is 0 Å². The number of hydrogen-bond donors (Lipinski definition) is 2. The van der Waals surface area contributed by atoms with Gasteiger partial charge in [0.05, 0.1) is 8.95 Å². The van der Waals surface area contributed by atoms with Gasteiger partial charge in [-0.05, 0) is 164 Å². The zero-order valence-electron chi connectivity index (χ0n) is 35.2. The molecule has 12 nitrogen and oxygen atoms in total. The predicted molar refractivity (Wildman–Crippen MR) is 248 cm³/mol. The summed E-state index contributed by atoms with van der Waals surface area (Å²) >= 11 is 6.75. The van der Waals surface area contributed by atoms with Crippen LogP contribution in [0.25, 0.3) is 0 Å². The van der Waals surface area contributed by atoms with E-state index in [1.807, 2.05) is 38.1 Å². The van der Waals surface area contributed by atoms with Gasteiger partial charge in [0.2, 0.25) is 11.9 Å². The van der Waals surface area contributed by atoms with Crippen LogP contribution in [0.2, 0.25) is 0 Å². The van der Waals surface area contributed by atoms with E-state index in [0.717, 1.165) is 116 Å². The van der Waals surface area contributed by atoms with Crippen molar-refractivity contribution in [3.8, 4) is 0 Å². The highest BCUT2D eigenvalue weighted by molar-refractivity contribution is 9.10. The third kappa shape index (κ3) is 15.9. The molecule has 0 radical (unpaired) electrons. The van der Waals surface area contributed by atoms with E-state index in [1.54, 1.807) is 12.4 Å². The van der Waals surface area contributed by atoms with E-state index in [2.05, 4.69) is 61.6 Å². The molecule has 3 saturated heterocycles. The van der Waals surface area contributed by atoms with Crippen molar-refractivity contribution in [2.45, 2.75) is 125 Å². The monoisotopic (exact) mass is 965 g/mol.